The first-order valence-corrected chi connectivity index (χ1v) is 13.6. The van der Waals surface area contributed by atoms with Gasteiger partial charge in [-0.25, -0.2) is 0 Å². The Labute approximate surface area is 243 Å². The number of rotatable bonds is 8. The van der Waals surface area contributed by atoms with Crippen molar-refractivity contribution < 1.29 is 14.3 Å². The molecule has 206 valence electrons. The lowest BCUT2D eigenvalue weighted by atomic mass is 10.0. The molecule has 2 N–H and O–H groups in total. The third-order valence-electron chi connectivity index (χ3n) is 7.20. The van der Waals surface area contributed by atoms with Gasteiger partial charge in [0.2, 0.25) is 5.91 Å². The Kier molecular flexibility index (Phi) is 7.37. The number of pyridine rings is 1. The van der Waals surface area contributed by atoms with E-state index in [2.05, 4.69) is 67.7 Å². The van der Waals surface area contributed by atoms with Crippen molar-refractivity contribution >= 4 is 45.4 Å². The lowest BCUT2D eigenvalue weighted by Crippen LogP contribution is -2.30. The van der Waals surface area contributed by atoms with E-state index in [0.717, 1.165) is 28.1 Å². The van der Waals surface area contributed by atoms with Crippen LogP contribution in [0.15, 0.2) is 103 Å². The van der Waals surface area contributed by atoms with Crippen LogP contribution < -0.4 is 20.3 Å². The zero-order valence-electron chi connectivity index (χ0n) is 22.7. The van der Waals surface area contributed by atoms with E-state index in [1.165, 1.54) is 12.5 Å². The summed E-state index contributed by atoms with van der Waals surface area (Å²) >= 11 is 5.95. The van der Waals surface area contributed by atoms with Crippen molar-refractivity contribution in [3.05, 3.63) is 115 Å². The van der Waals surface area contributed by atoms with Crippen molar-refractivity contribution in [2.24, 2.45) is 0 Å². The molecular weight excluding hydrogens is 534 g/mol. The van der Waals surface area contributed by atoms with Gasteiger partial charge < -0.3 is 29.6 Å². The number of nitrogens with zero attached hydrogens (tertiary/aromatic N) is 3. The van der Waals surface area contributed by atoms with Crippen molar-refractivity contribution in [2.45, 2.75) is 12.1 Å². The van der Waals surface area contributed by atoms with Gasteiger partial charge in [-0.3, -0.25) is 9.78 Å². The van der Waals surface area contributed by atoms with E-state index in [-0.39, 0.29) is 24.6 Å². The number of thiocarbonyl (C=S) groups is 1. The maximum absolute atomic E-state index is 12.4. The molecule has 0 bridgehead atoms. The van der Waals surface area contributed by atoms with Crippen LogP contribution in [-0.4, -0.2) is 41.4 Å². The van der Waals surface area contributed by atoms with Crippen LogP contribution in [0.3, 0.4) is 0 Å². The van der Waals surface area contributed by atoms with E-state index in [9.17, 15) is 4.79 Å². The molecule has 0 radical (unpaired) electrons. The Morgan fingerprint density at radius 2 is 1.76 bits per heavy atom. The second-order valence-electron chi connectivity index (χ2n) is 9.70. The number of carbonyl (C=O) groups is 1. The molecule has 41 heavy (non-hydrogen) atoms. The fourth-order valence-corrected chi connectivity index (χ4v) is 5.74. The molecule has 1 aliphatic rings. The third kappa shape index (κ3) is 5.13. The molecule has 0 aliphatic carbocycles. The van der Waals surface area contributed by atoms with Crippen molar-refractivity contribution in [1.29, 1.82) is 0 Å². The Balaban J connectivity index is 1.47. The predicted octanol–water partition coefficient (Wildman–Crippen LogP) is 5.80. The van der Waals surface area contributed by atoms with E-state index in [1.807, 2.05) is 54.6 Å². The SMILES string of the molecule is COCC(=O)Nc1cc(N2C(=S)N[C@@H](c3ccccn3)[C@@H]2c2cccn2-c2ccc3ccccc3c2)ccc1OC. The lowest BCUT2D eigenvalue weighted by Gasteiger charge is -2.29. The molecule has 0 spiro atoms. The number of aromatic nitrogens is 2. The molecule has 8 nitrogen and oxygen atoms in total. The summed E-state index contributed by atoms with van der Waals surface area (Å²) < 4.78 is 12.7. The van der Waals surface area contributed by atoms with E-state index >= 15 is 0 Å². The van der Waals surface area contributed by atoms with E-state index < -0.39 is 0 Å². The van der Waals surface area contributed by atoms with Gasteiger partial charge in [-0.2, -0.15) is 0 Å². The number of ether oxygens (including phenoxy) is 2. The second-order valence-corrected chi connectivity index (χ2v) is 10.1. The Morgan fingerprint density at radius 3 is 2.54 bits per heavy atom. The summed E-state index contributed by atoms with van der Waals surface area (Å²) in [6.07, 6.45) is 3.86. The number of carbonyl (C=O) groups excluding carboxylic acids is 1. The predicted molar refractivity (Wildman–Crippen MR) is 165 cm³/mol. The Hall–Kier alpha value is -4.73. The molecule has 5 aromatic rings. The number of hydrogen-bond acceptors (Lipinski definition) is 5. The quantitative estimate of drug-likeness (QED) is 0.231. The highest BCUT2D eigenvalue weighted by Gasteiger charge is 2.42. The molecule has 3 heterocycles. The van der Waals surface area contributed by atoms with Gasteiger partial charge in [0, 0.05) is 36.6 Å². The maximum atomic E-state index is 12.4. The minimum atomic E-state index is -0.279. The van der Waals surface area contributed by atoms with Crippen molar-refractivity contribution in [2.75, 3.05) is 31.0 Å². The smallest absolute Gasteiger partial charge is 0.250 e. The number of methoxy groups -OCH3 is 2. The number of anilines is 2. The van der Waals surface area contributed by atoms with Gasteiger partial charge in [0.05, 0.1) is 24.5 Å². The molecule has 2 atom stereocenters. The number of hydrogen-bond donors (Lipinski definition) is 2. The average Bonchev–Trinajstić information content (AvgIpc) is 3.62. The highest BCUT2D eigenvalue weighted by molar-refractivity contribution is 7.80. The summed E-state index contributed by atoms with van der Waals surface area (Å²) in [5.41, 5.74) is 4.27. The molecule has 9 heteroatoms. The van der Waals surface area contributed by atoms with E-state index in [1.54, 1.807) is 13.3 Å². The molecular formula is C32H29N5O3S. The van der Waals surface area contributed by atoms with Crippen LogP contribution in [0.5, 0.6) is 5.75 Å². The minimum Gasteiger partial charge on any atom is -0.495 e. The first-order valence-electron chi connectivity index (χ1n) is 13.2. The Morgan fingerprint density at radius 1 is 0.951 bits per heavy atom. The number of fused-ring (bicyclic) bond motifs is 1. The number of benzene rings is 3. The Bertz CT molecular complexity index is 1720. The van der Waals surface area contributed by atoms with Gasteiger partial charge in [0.25, 0.3) is 0 Å². The molecule has 6 rings (SSSR count). The fraction of sp³-hybridized carbons (Fsp3) is 0.156. The van der Waals surface area contributed by atoms with Crippen LogP contribution in [0.1, 0.15) is 23.5 Å². The van der Waals surface area contributed by atoms with Gasteiger partial charge in [0.15, 0.2) is 5.11 Å². The summed E-state index contributed by atoms with van der Waals surface area (Å²) in [5.74, 6) is 0.256. The fourth-order valence-electron chi connectivity index (χ4n) is 5.39. The zero-order chi connectivity index (χ0) is 28.3. The summed E-state index contributed by atoms with van der Waals surface area (Å²) in [6, 6.07) is 30.0. The first kappa shape index (κ1) is 26.5. The molecule has 1 fully saturated rings. The van der Waals surface area contributed by atoms with Gasteiger partial charge >= 0.3 is 0 Å². The molecule has 0 unspecified atom stereocenters. The van der Waals surface area contributed by atoms with Crippen LogP contribution in [0.2, 0.25) is 0 Å². The summed E-state index contributed by atoms with van der Waals surface area (Å²) in [6.45, 7) is -0.0687. The molecule has 2 aromatic heterocycles. The van der Waals surface area contributed by atoms with Crippen molar-refractivity contribution in [3.63, 3.8) is 0 Å². The zero-order valence-corrected chi connectivity index (χ0v) is 23.5. The van der Waals surface area contributed by atoms with E-state index in [4.69, 9.17) is 21.7 Å². The van der Waals surface area contributed by atoms with Crippen LogP contribution in [0.25, 0.3) is 16.5 Å². The molecule has 1 aliphatic heterocycles. The van der Waals surface area contributed by atoms with Crippen LogP contribution in [0, 0.1) is 0 Å². The van der Waals surface area contributed by atoms with E-state index in [0.29, 0.717) is 16.5 Å². The third-order valence-corrected chi connectivity index (χ3v) is 7.52. The van der Waals surface area contributed by atoms with Crippen LogP contribution in [0.4, 0.5) is 11.4 Å². The summed E-state index contributed by atoms with van der Waals surface area (Å²) in [7, 11) is 3.05. The average molecular weight is 564 g/mol. The highest BCUT2D eigenvalue weighted by Crippen LogP contribution is 2.44. The number of amides is 1. The van der Waals surface area contributed by atoms with Gasteiger partial charge in [-0.15, -0.1) is 0 Å². The molecule has 1 saturated heterocycles. The van der Waals surface area contributed by atoms with Gasteiger partial charge in [-0.1, -0.05) is 36.4 Å². The van der Waals surface area contributed by atoms with Gasteiger partial charge in [-0.05, 0) is 77.6 Å². The van der Waals surface area contributed by atoms with Crippen molar-refractivity contribution in [1.82, 2.24) is 14.9 Å². The monoisotopic (exact) mass is 563 g/mol. The second kappa shape index (κ2) is 11.4. The van der Waals surface area contributed by atoms with Crippen molar-refractivity contribution in [3.8, 4) is 11.4 Å². The maximum Gasteiger partial charge on any atom is 0.250 e. The molecule has 1 amide bonds. The minimum absolute atomic E-state index is 0.0687. The highest BCUT2D eigenvalue weighted by atomic mass is 32.1. The standard InChI is InChI=1S/C32H29N5O3S/c1-39-20-29(38)34-26-19-24(14-15-28(26)40-2)37-31(30(35-32(37)41)25-10-5-6-16-33-25)27-11-7-17-36(27)23-13-12-21-8-3-4-9-22(21)18-23/h3-19,30-31H,20H2,1-2H3,(H,34,38)(H,35,41)/t30-,31-/m0/s1. The van der Waals surface area contributed by atoms with Crippen LogP contribution >= 0.6 is 12.2 Å². The summed E-state index contributed by atoms with van der Waals surface area (Å²) in [5, 5.41) is 9.31. The topological polar surface area (TPSA) is 80.7 Å². The summed E-state index contributed by atoms with van der Waals surface area (Å²) in [4.78, 5) is 19.2. The number of nitrogens with one attached hydrogen (secondary N) is 2. The first-order chi connectivity index (χ1) is 20.1. The largest absolute Gasteiger partial charge is 0.495 e. The lowest BCUT2D eigenvalue weighted by molar-refractivity contribution is -0.119. The van der Waals surface area contributed by atoms with Gasteiger partial charge in [0.1, 0.15) is 18.4 Å². The molecule has 0 saturated carbocycles. The molecule has 3 aromatic carbocycles. The van der Waals surface area contributed by atoms with Crippen LogP contribution in [-0.2, 0) is 9.53 Å². The normalized spacial score (nSPS) is 16.5.